The first-order valence-electron chi connectivity index (χ1n) is 6.44. The average Bonchev–Trinajstić information content (AvgIpc) is 3.08. The van der Waals surface area contributed by atoms with Crippen LogP contribution in [0.4, 0.5) is 0 Å². The van der Waals surface area contributed by atoms with Gasteiger partial charge >= 0.3 is 0 Å². The molecule has 0 aliphatic rings. The smallest absolute Gasteiger partial charge is 0.247 e. The van der Waals surface area contributed by atoms with Crippen LogP contribution in [0.5, 0.6) is 0 Å². The summed E-state index contributed by atoms with van der Waals surface area (Å²) in [7, 11) is 1.61. The van der Waals surface area contributed by atoms with Gasteiger partial charge in [0.05, 0.1) is 23.8 Å². The maximum Gasteiger partial charge on any atom is 0.247 e. The van der Waals surface area contributed by atoms with Crippen LogP contribution in [-0.4, -0.2) is 29.3 Å². The van der Waals surface area contributed by atoms with Crippen molar-refractivity contribution in [2.75, 3.05) is 13.7 Å². The molecular formula is C15H13BrN2O3. The van der Waals surface area contributed by atoms with E-state index in [-0.39, 0.29) is 5.78 Å². The number of rotatable bonds is 5. The lowest BCUT2D eigenvalue weighted by Gasteiger charge is -2.05. The molecule has 0 spiro atoms. The molecule has 0 bridgehead atoms. The van der Waals surface area contributed by atoms with Gasteiger partial charge in [-0.25, -0.2) is 0 Å². The number of carbonyl (C=O) groups excluding carboxylic acids is 1. The van der Waals surface area contributed by atoms with Gasteiger partial charge in [-0.15, -0.1) is 0 Å². The summed E-state index contributed by atoms with van der Waals surface area (Å²) >= 11 is 3.36. The Morgan fingerprint density at radius 2 is 2.24 bits per heavy atom. The highest BCUT2D eigenvalue weighted by atomic mass is 79.9. The summed E-state index contributed by atoms with van der Waals surface area (Å²) in [5.41, 5.74) is 1.16. The van der Waals surface area contributed by atoms with Crippen LogP contribution in [0.15, 0.2) is 45.4 Å². The number of fused-ring (bicyclic) bond motifs is 1. The minimum absolute atomic E-state index is 0.202. The van der Waals surface area contributed by atoms with Crippen molar-refractivity contribution in [3.05, 3.63) is 52.5 Å². The molecule has 5 nitrogen and oxygen atoms in total. The van der Waals surface area contributed by atoms with E-state index in [1.54, 1.807) is 24.1 Å². The van der Waals surface area contributed by atoms with Gasteiger partial charge in [-0.1, -0.05) is 18.2 Å². The van der Waals surface area contributed by atoms with Crippen LogP contribution in [0.2, 0.25) is 0 Å². The number of furan rings is 1. The fourth-order valence-corrected chi connectivity index (χ4v) is 2.62. The van der Waals surface area contributed by atoms with Crippen LogP contribution in [0.1, 0.15) is 16.2 Å². The number of carbonyl (C=O) groups is 1. The molecule has 2 aromatic heterocycles. The number of ether oxygens (including phenoxy) is 1. The van der Waals surface area contributed by atoms with E-state index < -0.39 is 0 Å². The van der Waals surface area contributed by atoms with Gasteiger partial charge in [-0.3, -0.25) is 9.48 Å². The second-order valence-corrected chi connectivity index (χ2v) is 5.39. The maximum atomic E-state index is 12.7. The van der Waals surface area contributed by atoms with Crippen LogP contribution >= 0.6 is 15.9 Å². The zero-order chi connectivity index (χ0) is 14.8. The Bertz CT molecular complexity index is 758. The molecule has 0 saturated heterocycles. The minimum atomic E-state index is -0.202. The Morgan fingerprint density at radius 1 is 1.43 bits per heavy atom. The molecule has 0 aliphatic carbocycles. The summed E-state index contributed by atoms with van der Waals surface area (Å²) in [5.74, 6) is 0.0998. The molecule has 0 unspecified atom stereocenters. The van der Waals surface area contributed by atoms with E-state index in [9.17, 15) is 4.79 Å². The van der Waals surface area contributed by atoms with Crippen molar-refractivity contribution in [3.63, 3.8) is 0 Å². The highest BCUT2D eigenvalue weighted by Crippen LogP contribution is 2.24. The Balaban J connectivity index is 1.99. The number of aromatic nitrogens is 2. The molecule has 0 fully saturated rings. The molecule has 1 aromatic carbocycles. The number of para-hydroxylation sites is 1. The number of hydrogen-bond acceptors (Lipinski definition) is 4. The summed E-state index contributed by atoms with van der Waals surface area (Å²) in [6, 6.07) is 9.28. The van der Waals surface area contributed by atoms with E-state index in [0.717, 1.165) is 5.39 Å². The molecular weight excluding hydrogens is 336 g/mol. The van der Waals surface area contributed by atoms with E-state index in [1.165, 1.54) is 0 Å². The SMILES string of the molecule is COCCn1ncc(Br)c1C(=O)c1cc2ccccc2o1. The average molecular weight is 349 g/mol. The normalized spacial score (nSPS) is 11.1. The van der Waals surface area contributed by atoms with Crippen molar-refractivity contribution in [3.8, 4) is 0 Å². The summed E-state index contributed by atoms with van der Waals surface area (Å²) < 4.78 is 12.9. The Kier molecular flexibility index (Phi) is 3.90. The number of ketones is 1. The van der Waals surface area contributed by atoms with Gasteiger partial charge < -0.3 is 9.15 Å². The Hall–Kier alpha value is -1.92. The first-order chi connectivity index (χ1) is 10.2. The summed E-state index contributed by atoms with van der Waals surface area (Å²) in [4.78, 5) is 12.7. The van der Waals surface area contributed by atoms with Crippen molar-refractivity contribution in [1.29, 1.82) is 0 Å². The van der Waals surface area contributed by atoms with Crippen molar-refractivity contribution in [2.24, 2.45) is 0 Å². The summed E-state index contributed by atoms with van der Waals surface area (Å²) in [5, 5.41) is 5.08. The van der Waals surface area contributed by atoms with E-state index in [1.807, 2.05) is 24.3 Å². The first kappa shape index (κ1) is 14.0. The van der Waals surface area contributed by atoms with Crippen molar-refractivity contribution in [2.45, 2.75) is 6.54 Å². The molecule has 0 aliphatic heterocycles. The lowest BCUT2D eigenvalue weighted by molar-refractivity contribution is 0.0996. The fourth-order valence-electron chi connectivity index (χ4n) is 2.15. The molecule has 0 amide bonds. The van der Waals surface area contributed by atoms with Gasteiger partial charge in [0, 0.05) is 12.5 Å². The number of hydrogen-bond donors (Lipinski definition) is 0. The number of halogens is 1. The van der Waals surface area contributed by atoms with Crippen molar-refractivity contribution < 1.29 is 13.9 Å². The fraction of sp³-hybridized carbons (Fsp3) is 0.200. The number of methoxy groups -OCH3 is 1. The van der Waals surface area contributed by atoms with Gasteiger partial charge in [-0.05, 0) is 28.1 Å². The molecule has 0 N–H and O–H groups in total. The molecule has 6 heteroatoms. The third-order valence-corrected chi connectivity index (χ3v) is 3.75. The van der Waals surface area contributed by atoms with Gasteiger partial charge in [0.25, 0.3) is 0 Å². The van der Waals surface area contributed by atoms with E-state index in [4.69, 9.17) is 9.15 Å². The zero-order valence-electron chi connectivity index (χ0n) is 11.4. The molecule has 3 aromatic rings. The third kappa shape index (κ3) is 2.64. The molecule has 2 heterocycles. The third-order valence-electron chi connectivity index (χ3n) is 3.17. The topological polar surface area (TPSA) is 57.3 Å². The molecule has 21 heavy (non-hydrogen) atoms. The lowest BCUT2D eigenvalue weighted by Crippen LogP contribution is -2.14. The second kappa shape index (κ2) is 5.83. The Labute approximate surface area is 129 Å². The number of nitrogens with zero attached hydrogens (tertiary/aromatic N) is 2. The maximum absolute atomic E-state index is 12.7. The lowest BCUT2D eigenvalue weighted by atomic mass is 10.2. The van der Waals surface area contributed by atoms with Crippen molar-refractivity contribution in [1.82, 2.24) is 9.78 Å². The van der Waals surface area contributed by atoms with Gasteiger partial charge in [0.2, 0.25) is 5.78 Å². The highest BCUT2D eigenvalue weighted by molar-refractivity contribution is 9.10. The van der Waals surface area contributed by atoms with E-state index in [0.29, 0.717) is 34.7 Å². The van der Waals surface area contributed by atoms with Crippen LogP contribution in [0.25, 0.3) is 11.0 Å². The highest BCUT2D eigenvalue weighted by Gasteiger charge is 2.22. The first-order valence-corrected chi connectivity index (χ1v) is 7.23. The van der Waals surface area contributed by atoms with Gasteiger partial charge in [-0.2, -0.15) is 5.10 Å². The predicted octanol–water partition coefficient (Wildman–Crippen LogP) is 3.27. The molecule has 3 rings (SSSR count). The van der Waals surface area contributed by atoms with E-state index >= 15 is 0 Å². The van der Waals surface area contributed by atoms with E-state index in [2.05, 4.69) is 21.0 Å². The van der Waals surface area contributed by atoms with Crippen LogP contribution in [0, 0.1) is 0 Å². The monoisotopic (exact) mass is 348 g/mol. The predicted molar refractivity (Wildman–Crippen MR) is 81.4 cm³/mol. The van der Waals surface area contributed by atoms with Crippen LogP contribution < -0.4 is 0 Å². The van der Waals surface area contributed by atoms with Gasteiger partial charge in [0.1, 0.15) is 11.3 Å². The molecule has 108 valence electrons. The Morgan fingerprint density at radius 3 is 3.00 bits per heavy atom. The van der Waals surface area contributed by atoms with Crippen LogP contribution in [-0.2, 0) is 11.3 Å². The molecule has 0 atom stereocenters. The molecule has 0 radical (unpaired) electrons. The largest absolute Gasteiger partial charge is 0.453 e. The summed E-state index contributed by atoms with van der Waals surface area (Å²) in [6.07, 6.45) is 1.60. The standard InChI is InChI=1S/C15H13BrN2O3/c1-20-7-6-18-14(11(16)9-17-18)15(19)13-8-10-4-2-3-5-12(10)21-13/h2-5,8-9H,6-7H2,1H3. The number of benzene rings is 1. The second-order valence-electron chi connectivity index (χ2n) is 4.53. The minimum Gasteiger partial charge on any atom is -0.453 e. The van der Waals surface area contributed by atoms with Crippen LogP contribution in [0.3, 0.4) is 0 Å². The summed E-state index contributed by atoms with van der Waals surface area (Å²) in [6.45, 7) is 0.984. The quantitative estimate of drug-likeness (QED) is 0.664. The molecule has 0 saturated carbocycles. The van der Waals surface area contributed by atoms with Crippen molar-refractivity contribution >= 4 is 32.7 Å². The zero-order valence-corrected chi connectivity index (χ0v) is 13.0. The van der Waals surface area contributed by atoms with Gasteiger partial charge in [0.15, 0.2) is 5.76 Å².